The van der Waals surface area contributed by atoms with Crippen molar-refractivity contribution < 1.29 is 66.5 Å². The number of benzene rings is 3. The van der Waals surface area contributed by atoms with Crippen molar-refractivity contribution in [3.8, 4) is 29.9 Å². The zero-order valence-electron chi connectivity index (χ0n) is 53.5. The molecule has 0 unspecified atom stereocenters. The first-order chi connectivity index (χ1) is 45.5. The van der Waals surface area contributed by atoms with Crippen LogP contribution in [0.3, 0.4) is 0 Å². The van der Waals surface area contributed by atoms with Gasteiger partial charge in [-0.05, 0) is 105 Å². The number of nitrogens with two attached hydrogens (primary N) is 1. The second kappa shape index (κ2) is 33.2. The van der Waals surface area contributed by atoms with Crippen molar-refractivity contribution in [1.82, 2.24) is 45.9 Å². The van der Waals surface area contributed by atoms with Gasteiger partial charge >= 0.3 is 18.1 Å². The number of rotatable bonds is 31. The fourth-order valence-corrected chi connectivity index (χ4v) is 12.3. The summed E-state index contributed by atoms with van der Waals surface area (Å²) >= 11 is 2.79. The van der Waals surface area contributed by atoms with Crippen molar-refractivity contribution >= 4 is 108 Å². The second-order valence-corrected chi connectivity index (χ2v) is 25.6. The molecule has 29 heteroatoms. The third kappa shape index (κ3) is 19.7. The molecule has 0 bridgehead atoms. The number of amides is 8. The summed E-state index contributed by atoms with van der Waals surface area (Å²) < 4.78 is 33.4. The summed E-state index contributed by atoms with van der Waals surface area (Å²) in [5.74, 6) is 4.78. The fourth-order valence-electron chi connectivity index (χ4n) is 10.4. The zero-order valence-corrected chi connectivity index (χ0v) is 55.2. The van der Waals surface area contributed by atoms with Crippen molar-refractivity contribution in [2.45, 2.75) is 90.9 Å². The number of carbonyl (C=O) groups excluding carboxylic acids is 7. The number of halogens is 1. The van der Waals surface area contributed by atoms with Gasteiger partial charge in [-0.3, -0.25) is 28.9 Å². The molecule has 500 valence electrons. The number of hydrogen-bond donors (Lipinski definition) is 7. The molecule has 0 saturated heterocycles. The number of aromatic carboxylic acids is 1. The normalized spacial score (nSPS) is 13.3. The van der Waals surface area contributed by atoms with Crippen LogP contribution in [0.25, 0.3) is 10.2 Å². The Hall–Kier alpha value is -10.1. The Bertz CT molecular complexity index is 3940. The van der Waals surface area contributed by atoms with Crippen molar-refractivity contribution in [1.29, 1.82) is 0 Å². The van der Waals surface area contributed by atoms with Crippen LogP contribution in [0.15, 0.2) is 72.8 Å². The van der Waals surface area contributed by atoms with Gasteiger partial charge in [0.2, 0.25) is 17.7 Å². The predicted octanol–water partition coefficient (Wildman–Crippen LogP) is 6.70. The van der Waals surface area contributed by atoms with E-state index in [1.807, 2.05) is 50.2 Å². The summed E-state index contributed by atoms with van der Waals surface area (Å²) in [7, 11) is 5.41. The van der Waals surface area contributed by atoms with Crippen LogP contribution in [0.5, 0.6) is 5.75 Å². The van der Waals surface area contributed by atoms with E-state index < -0.39 is 71.4 Å². The minimum Gasteiger partial charge on any atom is -0.491 e. The number of carbonyl (C=O) groups is 8. The Labute approximate surface area is 556 Å². The molecule has 0 fully saturated rings. The highest BCUT2D eigenvalue weighted by molar-refractivity contribution is 7.22. The smallest absolute Gasteiger partial charge is 0.410 e. The number of aryl methyl sites for hydroxylation is 1. The zero-order chi connectivity index (χ0) is 68.3. The Kier molecular flexibility index (Phi) is 24.7. The summed E-state index contributed by atoms with van der Waals surface area (Å²) in [4.78, 5) is 116. The van der Waals surface area contributed by atoms with Gasteiger partial charge in [-0.15, -0.1) is 28.0 Å². The lowest BCUT2D eigenvalue weighted by Crippen LogP contribution is -2.54. The van der Waals surface area contributed by atoms with Crippen LogP contribution in [0.2, 0.25) is 0 Å². The molecule has 0 radical (unpaired) electrons. The third-order valence-corrected chi connectivity index (χ3v) is 17.4. The molecule has 3 aromatic carbocycles. The molecule has 0 aliphatic carbocycles. The van der Waals surface area contributed by atoms with Crippen LogP contribution in [-0.4, -0.2) is 173 Å². The number of quaternary nitrogens is 1. The molecule has 2 aliphatic rings. The number of carboxylic acids is 1. The lowest BCUT2D eigenvalue weighted by atomic mass is 10.0. The Morgan fingerprint density at radius 3 is 2.44 bits per heavy atom. The number of thiazole rings is 2. The largest absolute Gasteiger partial charge is 0.491 e. The molecule has 26 nitrogen and oxygen atoms in total. The van der Waals surface area contributed by atoms with Crippen molar-refractivity contribution in [2.75, 3.05) is 89.3 Å². The lowest BCUT2D eigenvalue weighted by Gasteiger charge is -2.29. The van der Waals surface area contributed by atoms with Crippen LogP contribution in [0.1, 0.15) is 89.1 Å². The van der Waals surface area contributed by atoms with Crippen LogP contribution in [-0.2, 0) is 59.4 Å². The number of anilines is 5. The number of aromatic nitrogens is 4. The number of imide groups is 1. The third-order valence-electron chi connectivity index (χ3n) is 15.3. The molecule has 6 aromatic rings. The van der Waals surface area contributed by atoms with Gasteiger partial charge in [0.25, 0.3) is 11.8 Å². The first-order valence-electron chi connectivity index (χ1n) is 30.7. The highest BCUT2D eigenvalue weighted by Crippen LogP contribution is 2.39. The van der Waals surface area contributed by atoms with Gasteiger partial charge in [0.1, 0.15) is 25.2 Å². The predicted molar refractivity (Wildman–Crippen MR) is 355 cm³/mol. The van der Waals surface area contributed by atoms with E-state index in [1.165, 1.54) is 46.8 Å². The molecule has 0 spiro atoms. The number of nitrogens with zero attached hydrogens (tertiary/aromatic N) is 8. The minimum absolute atomic E-state index is 0.000332. The van der Waals surface area contributed by atoms with E-state index in [9.17, 15) is 43.5 Å². The van der Waals surface area contributed by atoms with Gasteiger partial charge in [0, 0.05) is 78.1 Å². The standard InChI is InChI=1S/C66H75FN14O12S2/c1-8-32-93-66(90)78(5)38-44-37-45(70-60(85)49(18-11-28-69-63(68)89)71-61(86)56(40(2)3)73-53(82)27-34-91-35-30-79-54(83)25-26-55(79)84)23-22-43(44)39-81(6,7)31-13-15-42-21-24-50(47(67)36-42)92-33-14-20-52-57(62(87)88)74-65(95-52)80-29-12-16-46-41(4)58(76-77-59(46)80)75-64-72-48-17-9-10-19-51(48)94-64/h1,9-10,17,19,21-26,36-37,40,49,56H,11-12,14,16,18,20,27-35,38-39H2,2-7H3,(H7-,68,69,70,71,72,73,75,76,82,85,86,87,88,89)/p+1/t49-,56-/m0/s1. The van der Waals surface area contributed by atoms with Gasteiger partial charge in [-0.2, -0.15) is 0 Å². The van der Waals surface area contributed by atoms with Crippen molar-refractivity contribution in [3.05, 3.63) is 117 Å². The van der Waals surface area contributed by atoms with E-state index in [0.717, 1.165) is 56.8 Å². The monoisotopic (exact) mass is 1340 g/mol. The number of urea groups is 1. The van der Waals surface area contributed by atoms with E-state index in [1.54, 1.807) is 38.1 Å². The molecular formula is C66H76FN14O12S2+. The summed E-state index contributed by atoms with van der Waals surface area (Å²) in [6, 6.07) is 14.4. The summed E-state index contributed by atoms with van der Waals surface area (Å²) in [5.41, 5.74) is 10.1. The highest BCUT2D eigenvalue weighted by atomic mass is 32.1. The van der Waals surface area contributed by atoms with E-state index in [4.69, 9.17) is 26.4 Å². The van der Waals surface area contributed by atoms with Crippen molar-refractivity contribution in [2.24, 2.45) is 11.7 Å². The number of primary amides is 1. The van der Waals surface area contributed by atoms with Gasteiger partial charge < -0.3 is 65.9 Å². The second-order valence-electron chi connectivity index (χ2n) is 23.5. The fraction of sp³-hybridized carbons (Fsp3) is 0.394. The highest BCUT2D eigenvalue weighted by Gasteiger charge is 2.32. The average Bonchev–Trinajstić information content (AvgIpc) is 1.76. The molecular weight excluding hydrogens is 1260 g/mol. The SMILES string of the molecule is C#CCOC(=O)N(C)Cc1cc(NC(=O)[C@H](CCCNC(N)=O)NC(=O)[C@@H](NC(=O)CCOCCN2C(=O)C=CC2=O)C(C)C)ccc1C[N+](C)(C)CC#Cc1ccc(OCCCc2sc(N3CCCc4c3nnc(Nc3nc5ccccc5s3)c4C)nc2C(=O)O)c(F)c1. The van der Waals surface area contributed by atoms with Crippen LogP contribution in [0.4, 0.5) is 41.6 Å². The molecule has 8 rings (SSSR count). The first-order valence-corrected chi connectivity index (χ1v) is 32.3. The summed E-state index contributed by atoms with van der Waals surface area (Å²) in [6.07, 6.45) is 9.34. The molecule has 8 N–H and O–H groups in total. The molecule has 95 heavy (non-hydrogen) atoms. The van der Waals surface area contributed by atoms with E-state index in [-0.39, 0.29) is 83.3 Å². The molecule has 8 amide bonds. The summed E-state index contributed by atoms with van der Waals surface area (Å²) in [6.45, 7) is 6.54. The maximum absolute atomic E-state index is 15.6. The Morgan fingerprint density at radius 2 is 1.72 bits per heavy atom. The molecule has 5 heterocycles. The molecule has 2 atom stereocenters. The number of nitrogens with one attached hydrogen (secondary N) is 5. The molecule has 3 aromatic heterocycles. The molecule has 0 saturated carbocycles. The molecule has 2 aliphatic heterocycles. The Balaban J connectivity index is 0.868. The van der Waals surface area contributed by atoms with Gasteiger partial charge in [-0.25, -0.2) is 28.7 Å². The first kappa shape index (κ1) is 70.8. The number of hydrogen-bond acceptors (Lipinski definition) is 19. The van der Waals surface area contributed by atoms with E-state index in [0.29, 0.717) is 74.0 Å². The van der Waals surface area contributed by atoms with Crippen LogP contribution >= 0.6 is 22.7 Å². The van der Waals surface area contributed by atoms with Crippen molar-refractivity contribution in [3.63, 3.8) is 0 Å². The number of para-hydroxylation sites is 1. The number of carboxylic acid groups (broad SMARTS) is 1. The Morgan fingerprint density at radius 1 is 0.937 bits per heavy atom. The number of fused-ring (bicyclic) bond motifs is 2. The van der Waals surface area contributed by atoms with E-state index in [2.05, 4.69) is 64.5 Å². The minimum atomic E-state index is -1.17. The van der Waals surface area contributed by atoms with Crippen LogP contribution < -0.4 is 42.0 Å². The lowest BCUT2D eigenvalue weighted by molar-refractivity contribution is -0.896. The maximum atomic E-state index is 15.6. The summed E-state index contributed by atoms with van der Waals surface area (Å²) in [5, 5.41) is 34.6. The van der Waals surface area contributed by atoms with Gasteiger partial charge in [-0.1, -0.05) is 55.2 Å². The van der Waals surface area contributed by atoms with Crippen LogP contribution in [0, 0.1) is 42.8 Å². The number of ether oxygens (including phenoxy) is 3. The van der Waals surface area contributed by atoms with E-state index >= 15 is 4.39 Å². The maximum Gasteiger partial charge on any atom is 0.410 e. The van der Waals surface area contributed by atoms with Gasteiger partial charge in [0.05, 0.1) is 50.7 Å². The quantitative estimate of drug-likeness (QED) is 0.0103. The topological polar surface area (TPSA) is 332 Å². The van der Waals surface area contributed by atoms with Gasteiger partial charge in [0.15, 0.2) is 45.8 Å². The average molecular weight is 1340 g/mol. The number of terminal acetylenes is 1.